The van der Waals surface area contributed by atoms with E-state index in [0.29, 0.717) is 16.5 Å². The van der Waals surface area contributed by atoms with Crippen molar-refractivity contribution < 1.29 is 9.53 Å². The van der Waals surface area contributed by atoms with Crippen molar-refractivity contribution in [3.63, 3.8) is 0 Å². The van der Waals surface area contributed by atoms with Crippen LogP contribution in [0.25, 0.3) is 10.4 Å². The second kappa shape index (κ2) is 6.09. The second-order valence-corrected chi connectivity index (χ2v) is 6.23. The lowest BCUT2D eigenvalue weighted by atomic mass is 10.0. The van der Waals surface area contributed by atoms with Gasteiger partial charge in [-0.1, -0.05) is 38.1 Å². The van der Waals surface area contributed by atoms with Gasteiger partial charge in [-0.25, -0.2) is 4.79 Å². The van der Waals surface area contributed by atoms with Crippen LogP contribution >= 0.6 is 11.3 Å². The molecule has 0 saturated carbocycles. The van der Waals surface area contributed by atoms with Crippen LogP contribution in [0.1, 0.15) is 29.1 Å². The van der Waals surface area contributed by atoms with Crippen molar-refractivity contribution in [2.75, 3.05) is 12.8 Å². The number of anilines is 1. The van der Waals surface area contributed by atoms with Crippen LogP contribution in [0.3, 0.4) is 0 Å². The van der Waals surface area contributed by atoms with Crippen molar-refractivity contribution in [3.05, 3.63) is 40.8 Å². The minimum atomic E-state index is -0.379. The normalized spacial score (nSPS) is 10.8. The molecule has 0 bridgehead atoms. The van der Waals surface area contributed by atoms with Crippen LogP contribution in [-0.4, -0.2) is 13.1 Å². The van der Waals surface area contributed by atoms with Gasteiger partial charge in [0.15, 0.2) is 0 Å². The van der Waals surface area contributed by atoms with Gasteiger partial charge in [0.1, 0.15) is 4.88 Å². The molecule has 1 heterocycles. The van der Waals surface area contributed by atoms with E-state index in [2.05, 4.69) is 38.1 Å². The van der Waals surface area contributed by atoms with Crippen molar-refractivity contribution in [2.24, 2.45) is 5.92 Å². The molecule has 106 valence electrons. The van der Waals surface area contributed by atoms with Crippen LogP contribution in [0.2, 0.25) is 0 Å². The number of rotatable bonds is 4. The van der Waals surface area contributed by atoms with Crippen LogP contribution in [0.5, 0.6) is 0 Å². The van der Waals surface area contributed by atoms with Crippen molar-refractivity contribution in [2.45, 2.75) is 20.3 Å². The van der Waals surface area contributed by atoms with Gasteiger partial charge in [0.25, 0.3) is 0 Å². The Balaban J connectivity index is 2.26. The molecule has 20 heavy (non-hydrogen) atoms. The zero-order chi connectivity index (χ0) is 14.7. The molecule has 2 aromatic rings. The topological polar surface area (TPSA) is 52.3 Å². The number of carbonyl (C=O) groups is 1. The van der Waals surface area contributed by atoms with Crippen LogP contribution < -0.4 is 5.73 Å². The molecule has 0 unspecified atom stereocenters. The first kappa shape index (κ1) is 14.6. The number of hydrogen-bond donors (Lipinski definition) is 1. The van der Waals surface area contributed by atoms with Gasteiger partial charge in [0.05, 0.1) is 12.8 Å². The predicted molar refractivity (Wildman–Crippen MR) is 84.0 cm³/mol. The van der Waals surface area contributed by atoms with Crippen LogP contribution in [-0.2, 0) is 11.2 Å². The lowest BCUT2D eigenvalue weighted by molar-refractivity contribution is 0.0607. The molecule has 0 saturated heterocycles. The lowest BCUT2D eigenvalue weighted by Gasteiger charge is -2.05. The first-order chi connectivity index (χ1) is 9.51. The average Bonchev–Trinajstić information content (AvgIpc) is 2.80. The standard InChI is InChI=1S/C16H19NO2S/c1-10(2)8-11-4-6-12(7-5-11)14-9-13(17)15(20-14)16(18)19-3/h4-7,9-10H,8,17H2,1-3H3. The highest BCUT2D eigenvalue weighted by atomic mass is 32.1. The van der Waals surface area contributed by atoms with Crippen LogP contribution in [0, 0.1) is 5.92 Å². The molecule has 0 atom stereocenters. The van der Waals surface area contributed by atoms with E-state index in [1.165, 1.54) is 24.0 Å². The third kappa shape index (κ3) is 3.20. The maximum Gasteiger partial charge on any atom is 0.350 e. The first-order valence-electron chi connectivity index (χ1n) is 6.58. The molecule has 0 aliphatic heterocycles. The highest BCUT2D eigenvalue weighted by molar-refractivity contribution is 7.18. The molecule has 2 N–H and O–H groups in total. The molecule has 0 aliphatic rings. The summed E-state index contributed by atoms with van der Waals surface area (Å²) < 4.78 is 4.72. The summed E-state index contributed by atoms with van der Waals surface area (Å²) >= 11 is 1.37. The first-order valence-corrected chi connectivity index (χ1v) is 7.40. The quantitative estimate of drug-likeness (QED) is 0.866. The summed E-state index contributed by atoms with van der Waals surface area (Å²) in [4.78, 5) is 13.0. The molecule has 0 radical (unpaired) electrons. The van der Waals surface area contributed by atoms with E-state index in [9.17, 15) is 4.79 Å². The van der Waals surface area contributed by atoms with E-state index < -0.39 is 0 Å². The number of methoxy groups -OCH3 is 1. The summed E-state index contributed by atoms with van der Waals surface area (Å²) in [6.45, 7) is 4.41. The van der Waals surface area contributed by atoms with Gasteiger partial charge in [-0.3, -0.25) is 0 Å². The Bertz CT molecular complexity index is 599. The molecule has 1 aromatic carbocycles. The monoisotopic (exact) mass is 289 g/mol. The number of ether oxygens (including phenoxy) is 1. The smallest absolute Gasteiger partial charge is 0.350 e. The Morgan fingerprint density at radius 1 is 1.30 bits per heavy atom. The van der Waals surface area contributed by atoms with E-state index >= 15 is 0 Å². The van der Waals surface area contributed by atoms with Crippen molar-refractivity contribution >= 4 is 23.0 Å². The number of hydrogen-bond acceptors (Lipinski definition) is 4. The SMILES string of the molecule is COC(=O)c1sc(-c2ccc(CC(C)C)cc2)cc1N. The maximum absolute atomic E-state index is 11.6. The van der Waals surface area contributed by atoms with Crippen LogP contribution in [0.15, 0.2) is 30.3 Å². The minimum absolute atomic E-state index is 0.379. The van der Waals surface area contributed by atoms with Crippen LogP contribution in [0.4, 0.5) is 5.69 Å². The largest absolute Gasteiger partial charge is 0.465 e. The number of thiophene rings is 1. The zero-order valence-corrected chi connectivity index (χ0v) is 12.8. The number of nitrogens with two attached hydrogens (primary N) is 1. The van der Waals surface area contributed by atoms with Gasteiger partial charge in [-0.15, -0.1) is 11.3 Å². The van der Waals surface area contributed by atoms with E-state index in [4.69, 9.17) is 10.5 Å². The lowest BCUT2D eigenvalue weighted by Crippen LogP contribution is -2.00. The fourth-order valence-corrected chi connectivity index (χ4v) is 3.08. The average molecular weight is 289 g/mol. The molecule has 0 aliphatic carbocycles. The highest BCUT2D eigenvalue weighted by Gasteiger charge is 2.15. The number of nitrogen functional groups attached to an aromatic ring is 1. The molecular weight excluding hydrogens is 270 g/mol. The van der Waals surface area contributed by atoms with E-state index in [1.54, 1.807) is 0 Å². The van der Waals surface area contributed by atoms with Gasteiger partial charge in [-0.05, 0) is 29.5 Å². The van der Waals surface area contributed by atoms with Gasteiger partial charge < -0.3 is 10.5 Å². The van der Waals surface area contributed by atoms with Gasteiger partial charge in [-0.2, -0.15) is 0 Å². The Morgan fingerprint density at radius 2 is 1.95 bits per heavy atom. The third-order valence-electron chi connectivity index (χ3n) is 3.01. The fraction of sp³-hybridized carbons (Fsp3) is 0.312. The number of carbonyl (C=O) groups excluding carboxylic acids is 1. The Hall–Kier alpha value is -1.81. The summed E-state index contributed by atoms with van der Waals surface area (Å²) in [6.07, 6.45) is 1.07. The Morgan fingerprint density at radius 3 is 2.50 bits per heavy atom. The van der Waals surface area contributed by atoms with Crippen molar-refractivity contribution in [3.8, 4) is 10.4 Å². The Labute approximate surface area is 123 Å². The van der Waals surface area contributed by atoms with Gasteiger partial charge >= 0.3 is 5.97 Å². The summed E-state index contributed by atoms with van der Waals surface area (Å²) in [6, 6.07) is 10.2. The number of esters is 1. The molecule has 0 fully saturated rings. The zero-order valence-electron chi connectivity index (χ0n) is 12.0. The summed E-state index contributed by atoms with van der Waals surface area (Å²) in [5.74, 6) is 0.263. The highest BCUT2D eigenvalue weighted by Crippen LogP contribution is 2.33. The molecule has 3 nitrogen and oxygen atoms in total. The minimum Gasteiger partial charge on any atom is -0.465 e. The molecule has 4 heteroatoms. The maximum atomic E-state index is 11.6. The number of benzene rings is 1. The third-order valence-corrected chi connectivity index (χ3v) is 4.19. The molecule has 1 aromatic heterocycles. The van der Waals surface area contributed by atoms with Crippen molar-refractivity contribution in [1.82, 2.24) is 0 Å². The second-order valence-electron chi connectivity index (χ2n) is 5.18. The molecule has 0 amide bonds. The molecule has 0 spiro atoms. The molecular formula is C16H19NO2S. The fourth-order valence-electron chi connectivity index (χ4n) is 2.08. The Kier molecular flexibility index (Phi) is 4.45. The van der Waals surface area contributed by atoms with Gasteiger partial charge in [0, 0.05) is 4.88 Å². The van der Waals surface area contributed by atoms with Gasteiger partial charge in [0.2, 0.25) is 0 Å². The summed E-state index contributed by atoms with van der Waals surface area (Å²) in [7, 11) is 1.36. The molecule has 2 rings (SSSR count). The van der Waals surface area contributed by atoms with E-state index in [-0.39, 0.29) is 5.97 Å². The van der Waals surface area contributed by atoms with E-state index in [0.717, 1.165) is 16.9 Å². The van der Waals surface area contributed by atoms with Crippen molar-refractivity contribution in [1.29, 1.82) is 0 Å². The summed E-state index contributed by atoms with van der Waals surface area (Å²) in [5, 5.41) is 0. The predicted octanol–water partition coefficient (Wildman–Crippen LogP) is 3.98. The summed E-state index contributed by atoms with van der Waals surface area (Å²) in [5.41, 5.74) is 8.73. The van der Waals surface area contributed by atoms with E-state index in [1.807, 2.05) is 6.07 Å².